The number of nitrogens with one attached hydrogen (secondary N) is 1. The minimum Gasteiger partial charge on any atom is -0.368 e. The summed E-state index contributed by atoms with van der Waals surface area (Å²) in [6, 6.07) is 7.81. The molecule has 10 heteroatoms. The number of hydrogen-bond donors (Lipinski definition) is 1. The van der Waals surface area contributed by atoms with Gasteiger partial charge in [0.25, 0.3) is 0 Å². The molecule has 0 spiro atoms. The van der Waals surface area contributed by atoms with Crippen LogP contribution in [0, 0.1) is 0 Å². The smallest absolute Gasteiger partial charge is 0.244 e. The molecule has 2 amide bonds. The second kappa shape index (κ2) is 12.3. The third-order valence-corrected chi connectivity index (χ3v) is 5.80. The van der Waals surface area contributed by atoms with E-state index in [1.165, 1.54) is 0 Å². The van der Waals surface area contributed by atoms with Crippen LogP contribution >= 0.6 is 35.6 Å². The summed E-state index contributed by atoms with van der Waals surface area (Å²) in [4.78, 5) is 36.9. The zero-order valence-electron chi connectivity index (χ0n) is 18.2. The van der Waals surface area contributed by atoms with Crippen molar-refractivity contribution in [3.63, 3.8) is 0 Å². The summed E-state index contributed by atoms with van der Waals surface area (Å²) >= 11 is 5.97. The number of anilines is 1. The maximum absolute atomic E-state index is 12.7. The Morgan fingerprint density at radius 3 is 2.03 bits per heavy atom. The number of guanidine groups is 1. The molecule has 0 atom stereocenters. The predicted molar refractivity (Wildman–Crippen MR) is 135 cm³/mol. The average molecular weight is 563 g/mol. The van der Waals surface area contributed by atoms with Crippen LogP contribution in [0.25, 0.3) is 0 Å². The van der Waals surface area contributed by atoms with E-state index in [4.69, 9.17) is 11.6 Å². The van der Waals surface area contributed by atoms with Crippen LogP contribution in [-0.4, -0.2) is 97.9 Å². The molecule has 0 aliphatic carbocycles. The van der Waals surface area contributed by atoms with Gasteiger partial charge < -0.3 is 24.9 Å². The van der Waals surface area contributed by atoms with E-state index in [2.05, 4.69) is 20.1 Å². The molecule has 0 bridgehead atoms. The molecule has 2 aliphatic rings. The monoisotopic (exact) mass is 562 g/mol. The van der Waals surface area contributed by atoms with Crippen LogP contribution in [0.4, 0.5) is 5.69 Å². The van der Waals surface area contributed by atoms with Crippen LogP contribution in [0.2, 0.25) is 5.02 Å². The first-order valence-corrected chi connectivity index (χ1v) is 10.9. The highest BCUT2D eigenvalue weighted by molar-refractivity contribution is 14.0. The van der Waals surface area contributed by atoms with E-state index in [0.29, 0.717) is 26.2 Å². The summed E-state index contributed by atoms with van der Waals surface area (Å²) in [7, 11) is 0. The van der Waals surface area contributed by atoms with Crippen LogP contribution in [0.1, 0.15) is 13.8 Å². The molecule has 31 heavy (non-hydrogen) atoms. The number of hydrogen-bond acceptors (Lipinski definition) is 4. The Morgan fingerprint density at radius 1 is 0.935 bits per heavy atom. The lowest BCUT2D eigenvalue weighted by molar-refractivity contribution is -0.130. The van der Waals surface area contributed by atoms with E-state index < -0.39 is 0 Å². The topological polar surface area (TPSA) is 71.5 Å². The number of benzene rings is 1. The average Bonchev–Trinajstić information content (AvgIpc) is 2.77. The Morgan fingerprint density at radius 2 is 1.48 bits per heavy atom. The van der Waals surface area contributed by atoms with E-state index >= 15 is 0 Å². The summed E-state index contributed by atoms with van der Waals surface area (Å²) in [5.41, 5.74) is 1.13. The standard InChI is InChI=1S/C21H31ClN6O2.HI/c1-3-23-21(28-14-8-25(9-15-28)17(2)29)24-16-20(30)27-12-10-26(11-13-27)19-6-4-18(22)5-7-19;/h4-7H,3,8-16H2,1-2H3,(H,23,24);1H. The molecule has 1 aromatic carbocycles. The van der Waals surface area contributed by atoms with Crippen molar-refractivity contribution >= 4 is 59.0 Å². The first kappa shape index (κ1) is 25.5. The first-order chi connectivity index (χ1) is 14.5. The van der Waals surface area contributed by atoms with Crippen molar-refractivity contribution in [2.45, 2.75) is 13.8 Å². The lowest BCUT2D eigenvalue weighted by Crippen LogP contribution is -2.54. The van der Waals surface area contributed by atoms with E-state index in [9.17, 15) is 9.59 Å². The van der Waals surface area contributed by atoms with Crippen molar-refractivity contribution in [3.8, 4) is 0 Å². The van der Waals surface area contributed by atoms with Crippen LogP contribution in [-0.2, 0) is 9.59 Å². The maximum atomic E-state index is 12.7. The predicted octanol–water partition coefficient (Wildman–Crippen LogP) is 1.74. The van der Waals surface area contributed by atoms with Gasteiger partial charge >= 0.3 is 0 Å². The number of halogens is 2. The second-order valence-corrected chi connectivity index (χ2v) is 7.94. The molecule has 172 valence electrons. The summed E-state index contributed by atoms with van der Waals surface area (Å²) < 4.78 is 0. The van der Waals surface area contributed by atoms with Gasteiger partial charge in [0.15, 0.2) is 5.96 Å². The Labute approximate surface area is 206 Å². The highest BCUT2D eigenvalue weighted by atomic mass is 127. The zero-order chi connectivity index (χ0) is 21.5. The molecule has 0 radical (unpaired) electrons. The van der Waals surface area contributed by atoms with Crippen molar-refractivity contribution in [1.82, 2.24) is 20.0 Å². The molecule has 0 saturated carbocycles. The number of amides is 2. The molecule has 2 heterocycles. The number of piperazine rings is 2. The van der Waals surface area contributed by atoms with Gasteiger partial charge in [-0.25, -0.2) is 4.99 Å². The normalized spacial score (nSPS) is 17.3. The van der Waals surface area contributed by atoms with E-state index in [1.54, 1.807) is 6.92 Å². The van der Waals surface area contributed by atoms with Gasteiger partial charge in [-0.05, 0) is 31.2 Å². The highest BCUT2D eigenvalue weighted by Gasteiger charge is 2.23. The second-order valence-electron chi connectivity index (χ2n) is 7.51. The molecule has 3 rings (SSSR count). The lowest BCUT2D eigenvalue weighted by atomic mass is 10.2. The minimum absolute atomic E-state index is 0. The van der Waals surface area contributed by atoms with Gasteiger partial charge in [0, 0.05) is 76.5 Å². The Bertz CT molecular complexity index is 760. The Hall–Kier alpha value is -1.75. The molecule has 1 N–H and O–H groups in total. The van der Waals surface area contributed by atoms with Crippen LogP contribution in [0.15, 0.2) is 29.3 Å². The van der Waals surface area contributed by atoms with Crippen molar-refractivity contribution in [2.24, 2.45) is 4.99 Å². The van der Waals surface area contributed by atoms with Crippen molar-refractivity contribution < 1.29 is 9.59 Å². The molecular formula is C21H32ClIN6O2. The number of nitrogens with zero attached hydrogens (tertiary/aromatic N) is 5. The summed E-state index contributed by atoms with van der Waals surface area (Å²) in [5, 5.41) is 4.00. The largest absolute Gasteiger partial charge is 0.368 e. The van der Waals surface area contributed by atoms with Crippen LogP contribution in [0.5, 0.6) is 0 Å². The number of carbonyl (C=O) groups excluding carboxylic acids is 2. The van der Waals surface area contributed by atoms with Gasteiger partial charge in [0.1, 0.15) is 6.54 Å². The Balaban J connectivity index is 0.00000341. The SMILES string of the molecule is CCNC(=NCC(=O)N1CCN(c2ccc(Cl)cc2)CC1)N1CCN(C(C)=O)CC1.I. The molecule has 1 aromatic rings. The molecular weight excluding hydrogens is 531 g/mol. The molecule has 2 fully saturated rings. The van der Waals surface area contributed by atoms with Crippen molar-refractivity contribution in [3.05, 3.63) is 29.3 Å². The molecule has 8 nitrogen and oxygen atoms in total. The zero-order valence-corrected chi connectivity index (χ0v) is 21.3. The number of aliphatic imine (C=N–C) groups is 1. The van der Waals surface area contributed by atoms with Crippen LogP contribution in [0.3, 0.4) is 0 Å². The molecule has 2 saturated heterocycles. The third kappa shape index (κ3) is 7.13. The van der Waals surface area contributed by atoms with E-state index in [1.807, 2.05) is 41.0 Å². The summed E-state index contributed by atoms with van der Waals surface area (Å²) in [6.45, 7) is 10.2. The number of carbonyl (C=O) groups is 2. The number of rotatable bonds is 4. The fourth-order valence-electron chi connectivity index (χ4n) is 3.77. The fraction of sp³-hybridized carbons (Fsp3) is 0.571. The maximum Gasteiger partial charge on any atom is 0.244 e. The van der Waals surface area contributed by atoms with Crippen molar-refractivity contribution in [1.29, 1.82) is 0 Å². The highest BCUT2D eigenvalue weighted by Crippen LogP contribution is 2.19. The van der Waals surface area contributed by atoms with E-state index in [0.717, 1.165) is 49.4 Å². The van der Waals surface area contributed by atoms with Gasteiger partial charge in [-0.15, -0.1) is 24.0 Å². The quantitative estimate of drug-likeness (QED) is 0.344. The summed E-state index contributed by atoms with van der Waals surface area (Å²) in [5.74, 6) is 0.891. The van der Waals surface area contributed by atoms with Crippen LogP contribution < -0.4 is 10.2 Å². The summed E-state index contributed by atoms with van der Waals surface area (Å²) in [6.07, 6.45) is 0. The lowest BCUT2D eigenvalue weighted by Gasteiger charge is -2.37. The fourth-order valence-corrected chi connectivity index (χ4v) is 3.89. The van der Waals surface area contributed by atoms with Gasteiger partial charge in [-0.1, -0.05) is 11.6 Å². The molecule has 0 aromatic heterocycles. The van der Waals surface area contributed by atoms with Crippen molar-refractivity contribution in [2.75, 3.05) is 70.3 Å². The molecule has 0 unspecified atom stereocenters. The van der Waals surface area contributed by atoms with Gasteiger partial charge in [-0.3, -0.25) is 9.59 Å². The van der Waals surface area contributed by atoms with Gasteiger partial charge in [-0.2, -0.15) is 0 Å². The third-order valence-electron chi connectivity index (χ3n) is 5.55. The molecule has 2 aliphatic heterocycles. The Kier molecular flexibility index (Phi) is 10.1. The van der Waals surface area contributed by atoms with Gasteiger partial charge in [0.2, 0.25) is 11.8 Å². The first-order valence-electron chi connectivity index (χ1n) is 10.5. The van der Waals surface area contributed by atoms with E-state index in [-0.39, 0.29) is 42.3 Å². The minimum atomic E-state index is 0. The van der Waals surface area contributed by atoms with Gasteiger partial charge in [0.05, 0.1) is 0 Å².